The first-order valence-corrected chi connectivity index (χ1v) is 6.86. The van der Waals surface area contributed by atoms with Crippen LogP contribution in [0, 0.1) is 5.92 Å². The fourth-order valence-electron chi connectivity index (χ4n) is 2.50. The van der Waals surface area contributed by atoms with E-state index in [1.54, 1.807) is 0 Å². The van der Waals surface area contributed by atoms with Gasteiger partial charge in [0.15, 0.2) is 5.82 Å². The van der Waals surface area contributed by atoms with Gasteiger partial charge in [-0.3, -0.25) is 4.79 Å². The summed E-state index contributed by atoms with van der Waals surface area (Å²) in [5.74, 6) is 6.31. The van der Waals surface area contributed by atoms with Crippen molar-refractivity contribution in [2.75, 3.05) is 12.0 Å². The van der Waals surface area contributed by atoms with Crippen LogP contribution in [0.3, 0.4) is 0 Å². The molecule has 1 aliphatic carbocycles. The average Bonchev–Trinajstić information content (AvgIpc) is 2.96. The Morgan fingerprint density at radius 1 is 1.32 bits per heavy atom. The number of nitrogens with one attached hydrogen (secondary N) is 2. The SMILES string of the molecule is NNc1cnc(C(=O)NCCCC2CCCC2)cn1. The smallest absolute Gasteiger partial charge is 0.271 e. The third kappa shape index (κ3) is 4.17. The van der Waals surface area contributed by atoms with Crippen LogP contribution in [0.15, 0.2) is 12.4 Å². The summed E-state index contributed by atoms with van der Waals surface area (Å²) >= 11 is 0. The lowest BCUT2D eigenvalue weighted by atomic mass is 10.0. The molecule has 1 amide bonds. The van der Waals surface area contributed by atoms with Gasteiger partial charge in [-0.2, -0.15) is 0 Å². The monoisotopic (exact) mass is 263 g/mol. The molecule has 104 valence electrons. The van der Waals surface area contributed by atoms with Gasteiger partial charge in [0.05, 0.1) is 12.4 Å². The number of rotatable bonds is 6. The van der Waals surface area contributed by atoms with Gasteiger partial charge >= 0.3 is 0 Å². The van der Waals surface area contributed by atoms with E-state index in [0.717, 1.165) is 12.3 Å². The number of anilines is 1. The Labute approximate surface area is 113 Å². The Hall–Kier alpha value is -1.69. The van der Waals surface area contributed by atoms with Gasteiger partial charge in [0.2, 0.25) is 0 Å². The molecule has 4 N–H and O–H groups in total. The summed E-state index contributed by atoms with van der Waals surface area (Å²) in [6, 6.07) is 0. The molecule has 1 aliphatic rings. The zero-order chi connectivity index (χ0) is 13.5. The van der Waals surface area contributed by atoms with Crippen LogP contribution in [0.5, 0.6) is 0 Å². The number of aromatic nitrogens is 2. The first kappa shape index (κ1) is 13.7. The summed E-state index contributed by atoms with van der Waals surface area (Å²) in [5.41, 5.74) is 2.69. The second kappa shape index (κ2) is 7.04. The highest BCUT2D eigenvalue weighted by molar-refractivity contribution is 5.91. The van der Waals surface area contributed by atoms with E-state index in [4.69, 9.17) is 5.84 Å². The van der Waals surface area contributed by atoms with Crippen LogP contribution in [0.4, 0.5) is 5.82 Å². The maximum Gasteiger partial charge on any atom is 0.271 e. The number of hydrogen-bond donors (Lipinski definition) is 3. The van der Waals surface area contributed by atoms with Crippen LogP contribution in [0.2, 0.25) is 0 Å². The molecule has 2 rings (SSSR count). The van der Waals surface area contributed by atoms with Crippen molar-refractivity contribution >= 4 is 11.7 Å². The summed E-state index contributed by atoms with van der Waals surface area (Å²) < 4.78 is 0. The minimum Gasteiger partial charge on any atom is -0.351 e. The number of hydrogen-bond acceptors (Lipinski definition) is 5. The van der Waals surface area contributed by atoms with Crippen molar-refractivity contribution in [2.24, 2.45) is 11.8 Å². The summed E-state index contributed by atoms with van der Waals surface area (Å²) in [4.78, 5) is 19.7. The molecule has 1 aromatic heterocycles. The lowest BCUT2D eigenvalue weighted by Crippen LogP contribution is -2.26. The third-order valence-electron chi connectivity index (χ3n) is 3.58. The van der Waals surface area contributed by atoms with Gasteiger partial charge in [-0.05, 0) is 18.8 Å². The fraction of sp³-hybridized carbons (Fsp3) is 0.615. The lowest BCUT2D eigenvalue weighted by molar-refractivity contribution is 0.0947. The zero-order valence-corrected chi connectivity index (χ0v) is 11.1. The van der Waals surface area contributed by atoms with Crippen molar-refractivity contribution < 1.29 is 4.79 Å². The largest absolute Gasteiger partial charge is 0.351 e. The van der Waals surface area contributed by atoms with Gasteiger partial charge in [-0.1, -0.05) is 25.7 Å². The topological polar surface area (TPSA) is 92.9 Å². The van der Waals surface area contributed by atoms with Gasteiger partial charge in [-0.25, -0.2) is 15.8 Å². The molecule has 0 radical (unpaired) electrons. The van der Waals surface area contributed by atoms with Gasteiger partial charge in [0.1, 0.15) is 5.69 Å². The third-order valence-corrected chi connectivity index (χ3v) is 3.58. The molecule has 1 saturated carbocycles. The summed E-state index contributed by atoms with van der Waals surface area (Å²) in [5, 5.41) is 2.87. The second-order valence-electron chi connectivity index (χ2n) is 4.98. The number of carbonyl (C=O) groups excluding carboxylic acids is 1. The van der Waals surface area contributed by atoms with E-state index >= 15 is 0 Å². The van der Waals surface area contributed by atoms with Crippen LogP contribution in [-0.2, 0) is 0 Å². The van der Waals surface area contributed by atoms with Crippen molar-refractivity contribution in [1.82, 2.24) is 15.3 Å². The van der Waals surface area contributed by atoms with E-state index in [-0.39, 0.29) is 5.91 Å². The number of nitrogens with two attached hydrogens (primary N) is 1. The Bertz CT molecular complexity index is 400. The molecule has 0 unspecified atom stereocenters. The minimum absolute atomic E-state index is 0.178. The molecule has 1 aromatic rings. The van der Waals surface area contributed by atoms with Crippen LogP contribution < -0.4 is 16.6 Å². The maximum absolute atomic E-state index is 11.8. The first-order chi connectivity index (χ1) is 9.29. The van der Waals surface area contributed by atoms with E-state index < -0.39 is 0 Å². The Morgan fingerprint density at radius 3 is 2.74 bits per heavy atom. The molecular formula is C13H21N5O. The molecule has 6 nitrogen and oxygen atoms in total. The van der Waals surface area contributed by atoms with E-state index in [0.29, 0.717) is 18.1 Å². The predicted molar refractivity (Wildman–Crippen MR) is 73.4 cm³/mol. The van der Waals surface area contributed by atoms with Crippen molar-refractivity contribution in [2.45, 2.75) is 38.5 Å². The van der Waals surface area contributed by atoms with Crippen molar-refractivity contribution in [1.29, 1.82) is 0 Å². The van der Waals surface area contributed by atoms with Gasteiger partial charge in [0.25, 0.3) is 5.91 Å². The Balaban J connectivity index is 1.68. The molecule has 0 spiro atoms. The van der Waals surface area contributed by atoms with Crippen molar-refractivity contribution in [3.05, 3.63) is 18.1 Å². The maximum atomic E-state index is 11.8. The van der Waals surface area contributed by atoms with E-state index in [1.807, 2.05) is 0 Å². The molecule has 1 fully saturated rings. The molecule has 1 heterocycles. The van der Waals surface area contributed by atoms with E-state index in [9.17, 15) is 4.79 Å². The van der Waals surface area contributed by atoms with Crippen LogP contribution in [-0.4, -0.2) is 22.4 Å². The molecule has 0 aliphatic heterocycles. The molecule has 0 saturated heterocycles. The fourth-order valence-corrected chi connectivity index (χ4v) is 2.50. The average molecular weight is 263 g/mol. The predicted octanol–water partition coefficient (Wildman–Crippen LogP) is 1.46. The minimum atomic E-state index is -0.178. The molecular weight excluding hydrogens is 242 g/mol. The lowest BCUT2D eigenvalue weighted by Gasteiger charge is -2.09. The molecule has 0 atom stereocenters. The normalized spacial score (nSPS) is 15.4. The van der Waals surface area contributed by atoms with Gasteiger partial charge < -0.3 is 10.7 Å². The van der Waals surface area contributed by atoms with Gasteiger partial charge in [0, 0.05) is 6.54 Å². The molecule has 0 bridgehead atoms. The first-order valence-electron chi connectivity index (χ1n) is 6.86. The number of nitrogens with zero attached hydrogens (tertiary/aromatic N) is 2. The van der Waals surface area contributed by atoms with Gasteiger partial charge in [-0.15, -0.1) is 0 Å². The van der Waals surface area contributed by atoms with Crippen LogP contribution in [0.25, 0.3) is 0 Å². The van der Waals surface area contributed by atoms with Crippen molar-refractivity contribution in [3.63, 3.8) is 0 Å². The van der Waals surface area contributed by atoms with E-state index in [1.165, 1.54) is 44.5 Å². The van der Waals surface area contributed by atoms with Crippen LogP contribution in [0.1, 0.15) is 49.0 Å². The second-order valence-corrected chi connectivity index (χ2v) is 4.98. The number of hydrazine groups is 1. The zero-order valence-electron chi connectivity index (χ0n) is 11.1. The molecule has 19 heavy (non-hydrogen) atoms. The van der Waals surface area contributed by atoms with Crippen LogP contribution >= 0.6 is 0 Å². The Kier molecular flexibility index (Phi) is 5.09. The standard InChI is InChI=1S/C13H21N5O/c14-18-12-9-16-11(8-17-12)13(19)15-7-3-6-10-4-1-2-5-10/h8-10H,1-7,14H2,(H,15,19)(H,17,18). The summed E-state index contributed by atoms with van der Waals surface area (Å²) in [6.07, 6.45) is 10.5. The number of carbonyl (C=O) groups is 1. The quantitative estimate of drug-likeness (QED) is 0.410. The molecule has 0 aromatic carbocycles. The Morgan fingerprint density at radius 2 is 2.11 bits per heavy atom. The van der Waals surface area contributed by atoms with Crippen molar-refractivity contribution in [3.8, 4) is 0 Å². The van der Waals surface area contributed by atoms with E-state index in [2.05, 4.69) is 20.7 Å². The highest BCUT2D eigenvalue weighted by Crippen LogP contribution is 2.28. The number of amides is 1. The molecule has 6 heteroatoms. The highest BCUT2D eigenvalue weighted by atomic mass is 16.1. The summed E-state index contributed by atoms with van der Waals surface area (Å²) in [7, 11) is 0. The summed E-state index contributed by atoms with van der Waals surface area (Å²) in [6.45, 7) is 0.702. The number of nitrogen functional groups attached to an aromatic ring is 1. The highest BCUT2D eigenvalue weighted by Gasteiger charge is 2.14.